The van der Waals surface area contributed by atoms with Gasteiger partial charge in [-0.2, -0.15) is 0 Å². The molecule has 1 rings (SSSR count). The molecule has 0 N–H and O–H groups in total. The maximum Gasteiger partial charge on any atom is 0.233 e. The Labute approximate surface area is 69.9 Å². The quantitative estimate of drug-likeness (QED) is 0.597. The molecule has 0 bridgehead atoms. The molecule has 0 amide bonds. The Hall–Kier alpha value is 0.160. The summed E-state index contributed by atoms with van der Waals surface area (Å²) < 4.78 is 30.9. The molecule has 4 nitrogen and oxygen atoms in total. The van der Waals surface area contributed by atoms with Gasteiger partial charge in [0.1, 0.15) is 6.79 Å². The van der Waals surface area contributed by atoms with Crippen LogP contribution in [0.2, 0.25) is 0 Å². The maximum atomic E-state index is 10.6. The van der Waals surface area contributed by atoms with Gasteiger partial charge in [-0.1, -0.05) is 0 Å². The molecule has 1 saturated heterocycles. The lowest BCUT2D eigenvalue weighted by Gasteiger charge is -2.20. The molecule has 1 heterocycles. The summed E-state index contributed by atoms with van der Waals surface area (Å²) in [6, 6.07) is 0. The number of halogens is 1. The van der Waals surface area contributed by atoms with Crippen LogP contribution in [0.15, 0.2) is 0 Å². The molecule has 1 aliphatic rings. The van der Waals surface area contributed by atoms with Crippen LogP contribution in [-0.2, 0) is 18.5 Å². The molecule has 0 saturated carbocycles. The van der Waals surface area contributed by atoms with Crippen molar-refractivity contribution in [3.05, 3.63) is 0 Å². The first-order chi connectivity index (χ1) is 5.08. The Morgan fingerprint density at radius 3 is 2.36 bits per heavy atom. The Morgan fingerprint density at radius 2 is 1.91 bits per heavy atom. The van der Waals surface area contributed by atoms with Crippen molar-refractivity contribution in [3.8, 4) is 0 Å². The molecule has 0 aliphatic carbocycles. The van der Waals surface area contributed by atoms with Crippen LogP contribution in [0.5, 0.6) is 0 Å². The van der Waals surface area contributed by atoms with Gasteiger partial charge in [0, 0.05) is 16.6 Å². The summed E-state index contributed by atoms with van der Waals surface area (Å²) in [5, 5.41) is 0. The van der Waals surface area contributed by atoms with E-state index in [0.29, 0.717) is 13.2 Å². The lowest BCUT2D eigenvalue weighted by Crippen LogP contribution is -2.28. The Bertz CT molecular complexity index is 207. The van der Waals surface area contributed by atoms with E-state index in [2.05, 4.69) is 0 Å². The highest BCUT2D eigenvalue weighted by Gasteiger charge is 2.20. The van der Waals surface area contributed by atoms with Crippen LogP contribution in [0.1, 0.15) is 0 Å². The Morgan fingerprint density at radius 1 is 1.36 bits per heavy atom. The number of hydrogen-bond acceptors (Lipinski definition) is 4. The lowest BCUT2D eigenvalue weighted by molar-refractivity contribution is -0.120. The van der Waals surface area contributed by atoms with Crippen LogP contribution >= 0.6 is 10.7 Å². The van der Waals surface area contributed by atoms with Crippen molar-refractivity contribution in [2.75, 3.05) is 25.8 Å². The third kappa shape index (κ3) is 3.91. The van der Waals surface area contributed by atoms with Crippen molar-refractivity contribution < 1.29 is 17.9 Å². The van der Waals surface area contributed by atoms with E-state index in [1.165, 1.54) is 0 Å². The molecule has 0 unspecified atom stereocenters. The number of ether oxygens (including phenoxy) is 2. The second-order valence-corrected chi connectivity index (χ2v) is 5.25. The topological polar surface area (TPSA) is 52.6 Å². The zero-order chi connectivity index (χ0) is 8.32. The van der Waals surface area contributed by atoms with Gasteiger partial charge in [-0.05, 0) is 0 Å². The normalized spacial score (nSPS) is 21.9. The van der Waals surface area contributed by atoms with Gasteiger partial charge in [-0.15, -0.1) is 0 Å². The molecule has 1 aliphatic heterocycles. The van der Waals surface area contributed by atoms with Gasteiger partial charge in [0.05, 0.1) is 19.0 Å². The van der Waals surface area contributed by atoms with Crippen LogP contribution in [0.25, 0.3) is 0 Å². The average molecular weight is 201 g/mol. The lowest BCUT2D eigenvalue weighted by atomic mass is 10.2. The van der Waals surface area contributed by atoms with E-state index in [-0.39, 0.29) is 18.5 Å². The van der Waals surface area contributed by atoms with Crippen LogP contribution in [0.4, 0.5) is 0 Å². The first-order valence-corrected chi connectivity index (χ1v) is 5.63. The third-order valence-electron chi connectivity index (χ3n) is 1.31. The first-order valence-electron chi connectivity index (χ1n) is 3.16. The first kappa shape index (κ1) is 9.25. The van der Waals surface area contributed by atoms with Crippen molar-refractivity contribution in [1.82, 2.24) is 0 Å². The fourth-order valence-corrected chi connectivity index (χ4v) is 2.20. The summed E-state index contributed by atoms with van der Waals surface area (Å²) in [7, 11) is 1.62. The summed E-state index contributed by atoms with van der Waals surface area (Å²) in [6.45, 7) is 1.07. The fraction of sp³-hybridized carbons (Fsp3) is 1.00. The molecule has 0 spiro atoms. The summed E-state index contributed by atoms with van der Waals surface area (Å²) in [6.07, 6.45) is 0. The largest absolute Gasteiger partial charge is 0.355 e. The van der Waals surface area contributed by atoms with Gasteiger partial charge in [-0.3, -0.25) is 0 Å². The molecule has 0 radical (unpaired) electrons. The van der Waals surface area contributed by atoms with E-state index in [0.717, 1.165) is 0 Å². The zero-order valence-electron chi connectivity index (χ0n) is 5.82. The monoisotopic (exact) mass is 200 g/mol. The summed E-state index contributed by atoms with van der Waals surface area (Å²) in [4.78, 5) is 0. The van der Waals surface area contributed by atoms with Gasteiger partial charge >= 0.3 is 0 Å². The minimum Gasteiger partial charge on any atom is -0.355 e. The van der Waals surface area contributed by atoms with Crippen LogP contribution in [0.3, 0.4) is 0 Å². The molecule has 0 atom stereocenters. The summed E-state index contributed by atoms with van der Waals surface area (Å²) >= 11 is 0. The zero-order valence-corrected chi connectivity index (χ0v) is 7.40. The molecule has 0 aromatic carbocycles. The Kier molecular flexibility index (Phi) is 3.12. The molecule has 0 aromatic heterocycles. The molecular weight excluding hydrogens is 192 g/mol. The van der Waals surface area contributed by atoms with Crippen molar-refractivity contribution in [2.45, 2.75) is 0 Å². The minimum absolute atomic E-state index is 0.0748. The standard InChI is InChI=1S/C5H9ClO4S/c6-11(7,8)3-5-1-9-4-10-2-5/h5H,1-4H2. The van der Waals surface area contributed by atoms with Crippen molar-refractivity contribution >= 4 is 19.7 Å². The van der Waals surface area contributed by atoms with Gasteiger partial charge in [-0.25, -0.2) is 8.42 Å². The SMILES string of the molecule is O=S(=O)(Cl)CC1COCOC1. The van der Waals surface area contributed by atoms with Gasteiger partial charge < -0.3 is 9.47 Å². The molecule has 1 fully saturated rings. The van der Waals surface area contributed by atoms with Gasteiger partial charge in [0.25, 0.3) is 0 Å². The predicted molar refractivity (Wildman–Crippen MR) is 39.9 cm³/mol. The van der Waals surface area contributed by atoms with Crippen molar-refractivity contribution in [3.63, 3.8) is 0 Å². The third-order valence-corrected chi connectivity index (χ3v) is 2.56. The van der Waals surface area contributed by atoms with Crippen LogP contribution < -0.4 is 0 Å². The second kappa shape index (κ2) is 3.71. The van der Waals surface area contributed by atoms with E-state index in [1.807, 2.05) is 0 Å². The molecule has 66 valence electrons. The predicted octanol–water partition coefficient (Wildman–Crippen LogP) is 0.176. The minimum atomic E-state index is -3.41. The van der Waals surface area contributed by atoms with Crippen molar-refractivity contribution in [1.29, 1.82) is 0 Å². The van der Waals surface area contributed by atoms with Gasteiger partial charge in [0.2, 0.25) is 9.05 Å². The van der Waals surface area contributed by atoms with E-state index in [9.17, 15) is 8.42 Å². The molecular formula is C5H9ClO4S. The highest BCUT2D eigenvalue weighted by atomic mass is 35.7. The smallest absolute Gasteiger partial charge is 0.233 e. The molecule has 0 aromatic rings. The average Bonchev–Trinajstić information content (AvgIpc) is 1.85. The molecule has 6 heteroatoms. The summed E-state index contributed by atoms with van der Waals surface area (Å²) in [5.41, 5.74) is 0. The van der Waals surface area contributed by atoms with E-state index in [4.69, 9.17) is 20.2 Å². The van der Waals surface area contributed by atoms with Crippen LogP contribution in [0, 0.1) is 5.92 Å². The van der Waals surface area contributed by atoms with Crippen LogP contribution in [-0.4, -0.2) is 34.2 Å². The Balaban J connectivity index is 2.36. The molecule has 11 heavy (non-hydrogen) atoms. The van der Waals surface area contributed by atoms with E-state index < -0.39 is 9.05 Å². The highest BCUT2D eigenvalue weighted by Crippen LogP contribution is 2.10. The van der Waals surface area contributed by atoms with Gasteiger partial charge in [0.15, 0.2) is 0 Å². The summed E-state index contributed by atoms with van der Waals surface area (Å²) in [5.74, 6) is -0.194. The fourth-order valence-electron chi connectivity index (χ4n) is 0.914. The maximum absolute atomic E-state index is 10.6. The van der Waals surface area contributed by atoms with Crippen molar-refractivity contribution in [2.24, 2.45) is 5.92 Å². The number of hydrogen-bond donors (Lipinski definition) is 0. The van der Waals surface area contributed by atoms with E-state index >= 15 is 0 Å². The van der Waals surface area contributed by atoms with E-state index in [1.54, 1.807) is 0 Å². The number of rotatable bonds is 2. The highest BCUT2D eigenvalue weighted by molar-refractivity contribution is 8.13. The second-order valence-electron chi connectivity index (χ2n) is 2.43.